The first-order valence-electron chi connectivity index (χ1n) is 11.2. The zero-order valence-electron chi connectivity index (χ0n) is 19.0. The number of rotatable bonds is 2. The van der Waals surface area contributed by atoms with E-state index in [9.17, 15) is 4.79 Å². The molecular weight excluding hydrogens is 380 g/mol. The van der Waals surface area contributed by atoms with E-state index < -0.39 is 5.60 Å². The Kier molecular flexibility index (Phi) is 7.18. The average Bonchev–Trinajstić information content (AvgIpc) is 3.22. The summed E-state index contributed by atoms with van der Waals surface area (Å²) in [5, 5.41) is 4.28. The fraction of sp³-hybridized carbons (Fsp3) is 0.682. The number of carbonyl (C=O) groups excluding carboxylic acids is 1. The fourth-order valence-electron chi connectivity index (χ4n) is 4.05. The Morgan fingerprint density at radius 3 is 2.37 bits per heavy atom. The Labute approximate surface area is 179 Å². The van der Waals surface area contributed by atoms with E-state index in [-0.39, 0.29) is 6.09 Å². The van der Waals surface area contributed by atoms with Crippen molar-refractivity contribution in [2.24, 2.45) is 0 Å². The Balaban J connectivity index is 0.00000124. The number of fused-ring (bicyclic) bond motifs is 1. The molecule has 0 aliphatic carbocycles. The molecule has 1 amide bonds. The van der Waals surface area contributed by atoms with E-state index in [4.69, 9.17) is 4.74 Å². The summed E-state index contributed by atoms with van der Waals surface area (Å²) in [6, 6.07) is 2.46. The summed E-state index contributed by atoms with van der Waals surface area (Å²) in [5.74, 6) is 0. The van der Waals surface area contributed by atoms with Crippen LogP contribution in [0.2, 0.25) is 0 Å². The number of aromatic nitrogens is 3. The number of likely N-dealkylation sites (tertiary alicyclic amines) is 1. The van der Waals surface area contributed by atoms with Crippen LogP contribution in [0.4, 0.5) is 10.5 Å². The van der Waals surface area contributed by atoms with E-state index in [0.717, 1.165) is 63.4 Å². The van der Waals surface area contributed by atoms with Crippen molar-refractivity contribution in [3.8, 4) is 0 Å². The maximum absolute atomic E-state index is 12.2. The first kappa shape index (κ1) is 22.3. The maximum Gasteiger partial charge on any atom is 0.410 e. The summed E-state index contributed by atoms with van der Waals surface area (Å²) in [6.45, 7) is 15.3. The van der Waals surface area contributed by atoms with Crippen molar-refractivity contribution < 1.29 is 9.53 Å². The Bertz CT molecular complexity index is 814. The SMILES string of the molecule is CC.CC(C)(C)OC(=O)N1CCC(N2CCN(c3cnc4ccnn4c3)CC2)CC1. The molecule has 8 nitrogen and oxygen atoms in total. The zero-order chi connectivity index (χ0) is 21.7. The topological polar surface area (TPSA) is 66.2 Å². The molecule has 2 aliphatic rings. The first-order chi connectivity index (χ1) is 14.4. The molecule has 0 radical (unpaired) electrons. The highest BCUT2D eigenvalue weighted by Crippen LogP contribution is 2.22. The molecule has 0 aromatic carbocycles. The van der Waals surface area contributed by atoms with E-state index in [1.165, 1.54) is 0 Å². The van der Waals surface area contributed by atoms with E-state index in [1.54, 1.807) is 6.20 Å². The summed E-state index contributed by atoms with van der Waals surface area (Å²) in [6.07, 6.45) is 7.61. The third-order valence-corrected chi connectivity index (χ3v) is 5.55. The van der Waals surface area contributed by atoms with Crippen LogP contribution in [0.25, 0.3) is 5.65 Å². The minimum atomic E-state index is -0.432. The Morgan fingerprint density at radius 2 is 1.73 bits per heavy atom. The van der Waals surface area contributed by atoms with Crippen LogP contribution in [0, 0.1) is 0 Å². The highest BCUT2D eigenvalue weighted by Gasteiger charge is 2.31. The van der Waals surface area contributed by atoms with Crippen molar-refractivity contribution in [2.75, 3.05) is 44.2 Å². The van der Waals surface area contributed by atoms with Crippen LogP contribution >= 0.6 is 0 Å². The van der Waals surface area contributed by atoms with Crippen molar-refractivity contribution in [3.05, 3.63) is 24.7 Å². The third kappa shape index (κ3) is 5.41. The summed E-state index contributed by atoms with van der Waals surface area (Å²) in [5.41, 5.74) is 1.56. The molecule has 0 bridgehead atoms. The summed E-state index contributed by atoms with van der Waals surface area (Å²) >= 11 is 0. The van der Waals surface area contributed by atoms with Gasteiger partial charge in [0.15, 0.2) is 5.65 Å². The Hall–Kier alpha value is -2.35. The molecule has 166 valence electrons. The number of piperazine rings is 1. The number of amides is 1. The predicted octanol–water partition coefficient (Wildman–Crippen LogP) is 3.28. The summed E-state index contributed by atoms with van der Waals surface area (Å²) in [7, 11) is 0. The molecule has 2 aromatic rings. The maximum atomic E-state index is 12.2. The van der Waals surface area contributed by atoms with Gasteiger partial charge in [-0.2, -0.15) is 5.10 Å². The quantitative estimate of drug-likeness (QED) is 0.749. The molecule has 0 unspecified atom stereocenters. The average molecular weight is 417 g/mol. The van der Waals surface area contributed by atoms with Crippen LogP contribution in [0.5, 0.6) is 0 Å². The smallest absolute Gasteiger partial charge is 0.410 e. The van der Waals surface area contributed by atoms with Gasteiger partial charge in [0, 0.05) is 51.4 Å². The van der Waals surface area contributed by atoms with Gasteiger partial charge in [-0.3, -0.25) is 4.90 Å². The standard InChI is InChI=1S/C20H30N6O2.C2H6/c1-20(2,3)28-19(27)25-8-5-16(6-9-25)23-10-12-24(13-11-23)17-14-21-18-4-7-22-26(18)15-17;1-2/h4,7,14-16H,5-6,8-13H2,1-3H3;1-2H3. The number of hydrogen-bond acceptors (Lipinski definition) is 6. The van der Waals surface area contributed by atoms with E-state index in [0.29, 0.717) is 6.04 Å². The zero-order valence-corrected chi connectivity index (χ0v) is 19.0. The molecule has 2 saturated heterocycles. The van der Waals surface area contributed by atoms with E-state index in [2.05, 4.69) is 26.1 Å². The highest BCUT2D eigenvalue weighted by atomic mass is 16.6. The van der Waals surface area contributed by atoms with Gasteiger partial charge in [-0.15, -0.1) is 0 Å². The lowest BCUT2D eigenvalue weighted by atomic mass is 10.0. The molecule has 0 spiro atoms. The van der Waals surface area contributed by atoms with Crippen molar-refractivity contribution in [2.45, 2.75) is 59.1 Å². The van der Waals surface area contributed by atoms with Gasteiger partial charge in [0.2, 0.25) is 0 Å². The summed E-state index contributed by atoms with van der Waals surface area (Å²) in [4.78, 5) is 23.5. The second kappa shape index (κ2) is 9.64. The molecular formula is C22H36N6O2. The van der Waals surface area contributed by atoms with Gasteiger partial charge >= 0.3 is 6.09 Å². The third-order valence-electron chi connectivity index (χ3n) is 5.55. The molecule has 4 heterocycles. The van der Waals surface area contributed by atoms with Gasteiger partial charge in [-0.25, -0.2) is 14.3 Å². The van der Waals surface area contributed by atoms with Crippen molar-refractivity contribution >= 4 is 17.4 Å². The van der Waals surface area contributed by atoms with Crippen LogP contribution in [0.3, 0.4) is 0 Å². The lowest BCUT2D eigenvalue weighted by Gasteiger charge is -2.43. The Morgan fingerprint density at radius 1 is 1.07 bits per heavy atom. The van der Waals surface area contributed by atoms with Crippen molar-refractivity contribution in [1.29, 1.82) is 0 Å². The van der Waals surface area contributed by atoms with Crippen molar-refractivity contribution in [3.63, 3.8) is 0 Å². The fourth-order valence-corrected chi connectivity index (χ4v) is 4.05. The number of carbonyl (C=O) groups is 1. The molecule has 8 heteroatoms. The molecule has 0 saturated carbocycles. The first-order valence-corrected chi connectivity index (χ1v) is 11.2. The second-order valence-corrected chi connectivity index (χ2v) is 8.67. The molecule has 4 rings (SSSR count). The molecule has 0 N–H and O–H groups in total. The number of piperidine rings is 1. The van der Waals surface area contributed by atoms with Crippen LogP contribution in [0.15, 0.2) is 24.7 Å². The lowest BCUT2D eigenvalue weighted by molar-refractivity contribution is 0.0140. The molecule has 0 atom stereocenters. The van der Waals surface area contributed by atoms with Crippen molar-refractivity contribution in [1.82, 2.24) is 24.4 Å². The van der Waals surface area contributed by atoms with Crippen LogP contribution in [0.1, 0.15) is 47.5 Å². The van der Waals surface area contributed by atoms with Crippen LogP contribution < -0.4 is 4.90 Å². The number of hydrogen-bond donors (Lipinski definition) is 0. The van der Waals surface area contributed by atoms with E-state index >= 15 is 0 Å². The minimum absolute atomic E-state index is 0.183. The molecule has 2 aliphatic heterocycles. The van der Waals surface area contributed by atoms with E-state index in [1.807, 2.05) is 56.3 Å². The lowest BCUT2D eigenvalue weighted by Crippen LogP contribution is -2.54. The van der Waals surface area contributed by atoms with Gasteiger partial charge in [0.25, 0.3) is 0 Å². The van der Waals surface area contributed by atoms with Crippen LogP contribution in [-0.2, 0) is 4.74 Å². The predicted molar refractivity (Wildman–Crippen MR) is 119 cm³/mol. The van der Waals surface area contributed by atoms with Gasteiger partial charge in [-0.1, -0.05) is 13.8 Å². The number of anilines is 1. The second-order valence-electron chi connectivity index (χ2n) is 8.67. The monoisotopic (exact) mass is 416 g/mol. The number of ether oxygens (including phenoxy) is 1. The summed E-state index contributed by atoms with van der Waals surface area (Å²) < 4.78 is 7.33. The molecule has 30 heavy (non-hydrogen) atoms. The molecule has 2 aromatic heterocycles. The number of nitrogens with zero attached hydrogens (tertiary/aromatic N) is 6. The van der Waals surface area contributed by atoms with Gasteiger partial charge in [-0.05, 0) is 33.6 Å². The normalized spacial score (nSPS) is 18.8. The highest BCUT2D eigenvalue weighted by molar-refractivity contribution is 5.68. The minimum Gasteiger partial charge on any atom is -0.444 e. The largest absolute Gasteiger partial charge is 0.444 e. The van der Waals surface area contributed by atoms with Gasteiger partial charge < -0.3 is 14.5 Å². The molecule has 2 fully saturated rings. The van der Waals surface area contributed by atoms with Crippen LogP contribution in [-0.4, -0.2) is 81.4 Å². The van der Waals surface area contributed by atoms with Gasteiger partial charge in [0.05, 0.1) is 24.3 Å². The van der Waals surface area contributed by atoms with Gasteiger partial charge in [0.1, 0.15) is 5.60 Å².